The van der Waals surface area contributed by atoms with E-state index in [1.165, 1.54) is 23.4 Å². The third-order valence-electron chi connectivity index (χ3n) is 4.20. The van der Waals surface area contributed by atoms with E-state index >= 15 is 0 Å². The predicted octanol–water partition coefficient (Wildman–Crippen LogP) is 2.56. The third kappa shape index (κ3) is 5.41. The van der Waals surface area contributed by atoms with Crippen molar-refractivity contribution in [2.75, 3.05) is 25.3 Å². The SMILES string of the molecule is COc1ccc(OC)c(NC(=O)CSc2n[nH]c(=O)n2CCc2ccccc2)c1. The number of ether oxygens (including phenoxy) is 2. The normalized spacial score (nSPS) is 10.6. The van der Waals surface area contributed by atoms with E-state index < -0.39 is 0 Å². The summed E-state index contributed by atoms with van der Waals surface area (Å²) in [4.78, 5) is 24.4. The Hall–Kier alpha value is -3.20. The van der Waals surface area contributed by atoms with Gasteiger partial charge in [-0.1, -0.05) is 42.1 Å². The van der Waals surface area contributed by atoms with Crippen LogP contribution in [0.2, 0.25) is 0 Å². The van der Waals surface area contributed by atoms with Gasteiger partial charge in [0.25, 0.3) is 0 Å². The van der Waals surface area contributed by atoms with Crippen LogP contribution in [0.15, 0.2) is 58.5 Å². The van der Waals surface area contributed by atoms with Crippen LogP contribution < -0.4 is 20.5 Å². The molecule has 0 radical (unpaired) electrons. The fourth-order valence-corrected chi connectivity index (χ4v) is 3.50. The number of carbonyl (C=O) groups is 1. The minimum absolute atomic E-state index is 0.0932. The number of aryl methyl sites for hydroxylation is 1. The smallest absolute Gasteiger partial charge is 0.343 e. The fraction of sp³-hybridized carbons (Fsp3) is 0.250. The molecule has 0 bridgehead atoms. The summed E-state index contributed by atoms with van der Waals surface area (Å²) in [5.41, 5.74) is 1.35. The zero-order valence-electron chi connectivity index (χ0n) is 16.2. The topological polar surface area (TPSA) is 98.2 Å². The summed E-state index contributed by atoms with van der Waals surface area (Å²) in [6.45, 7) is 0.479. The van der Waals surface area contributed by atoms with Crippen LogP contribution in [0.4, 0.5) is 5.69 Å². The Morgan fingerprint density at radius 2 is 1.97 bits per heavy atom. The van der Waals surface area contributed by atoms with Gasteiger partial charge >= 0.3 is 5.69 Å². The molecule has 0 aliphatic carbocycles. The molecular formula is C20H22N4O4S. The van der Waals surface area contributed by atoms with Gasteiger partial charge in [-0.05, 0) is 24.1 Å². The first-order valence-corrected chi connectivity index (χ1v) is 9.93. The number of nitrogens with one attached hydrogen (secondary N) is 2. The molecule has 8 nitrogen and oxygen atoms in total. The zero-order chi connectivity index (χ0) is 20.6. The number of hydrogen-bond acceptors (Lipinski definition) is 6. The monoisotopic (exact) mass is 414 g/mol. The second kappa shape index (κ2) is 9.83. The summed E-state index contributed by atoms with van der Waals surface area (Å²) in [5.74, 6) is 0.988. The first kappa shape index (κ1) is 20.5. The Kier molecular flexibility index (Phi) is 6.96. The number of H-pyrrole nitrogens is 1. The van der Waals surface area contributed by atoms with Crippen LogP contribution in [0, 0.1) is 0 Å². The van der Waals surface area contributed by atoms with E-state index in [4.69, 9.17) is 9.47 Å². The molecule has 1 amide bonds. The van der Waals surface area contributed by atoms with Crippen LogP contribution in [0.25, 0.3) is 0 Å². The predicted molar refractivity (Wildman–Crippen MR) is 112 cm³/mol. The second-order valence-electron chi connectivity index (χ2n) is 6.10. The molecule has 152 valence electrons. The van der Waals surface area contributed by atoms with E-state index in [-0.39, 0.29) is 17.3 Å². The Bertz CT molecular complexity index is 1020. The van der Waals surface area contributed by atoms with E-state index in [0.717, 1.165) is 5.56 Å². The Labute approximate surface area is 172 Å². The van der Waals surface area contributed by atoms with Gasteiger partial charge in [0.15, 0.2) is 5.16 Å². The van der Waals surface area contributed by atoms with Crippen molar-refractivity contribution in [1.29, 1.82) is 0 Å². The highest BCUT2D eigenvalue weighted by atomic mass is 32.2. The molecule has 29 heavy (non-hydrogen) atoms. The van der Waals surface area contributed by atoms with Crippen molar-refractivity contribution in [3.8, 4) is 11.5 Å². The van der Waals surface area contributed by atoms with Crippen LogP contribution in [0.1, 0.15) is 5.56 Å². The standard InChI is InChI=1S/C20H22N4O4S/c1-27-15-8-9-17(28-2)16(12-15)21-18(25)13-29-20-23-22-19(26)24(20)11-10-14-6-4-3-5-7-14/h3-9,12H,10-11,13H2,1-2H3,(H,21,25)(H,22,26). The van der Waals surface area contributed by atoms with E-state index in [2.05, 4.69) is 15.5 Å². The number of thioether (sulfide) groups is 1. The molecule has 0 atom stereocenters. The number of benzene rings is 2. The molecule has 0 saturated carbocycles. The second-order valence-corrected chi connectivity index (χ2v) is 7.04. The molecule has 1 aromatic heterocycles. The maximum absolute atomic E-state index is 12.4. The summed E-state index contributed by atoms with van der Waals surface area (Å²) < 4.78 is 12.0. The number of hydrogen-bond donors (Lipinski definition) is 2. The largest absolute Gasteiger partial charge is 0.497 e. The molecule has 0 unspecified atom stereocenters. The van der Waals surface area contributed by atoms with E-state index in [0.29, 0.717) is 35.3 Å². The van der Waals surface area contributed by atoms with Crippen molar-refractivity contribution in [3.05, 3.63) is 64.6 Å². The minimum atomic E-state index is -0.293. The van der Waals surface area contributed by atoms with Crippen molar-refractivity contribution in [2.24, 2.45) is 0 Å². The van der Waals surface area contributed by atoms with Gasteiger partial charge in [0.1, 0.15) is 11.5 Å². The zero-order valence-corrected chi connectivity index (χ0v) is 17.0. The van der Waals surface area contributed by atoms with Gasteiger partial charge in [-0.25, -0.2) is 9.89 Å². The lowest BCUT2D eigenvalue weighted by molar-refractivity contribution is -0.113. The maximum atomic E-state index is 12.4. The van der Waals surface area contributed by atoms with Crippen molar-refractivity contribution < 1.29 is 14.3 Å². The minimum Gasteiger partial charge on any atom is -0.497 e. The van der Waals surface area contributed by atoms with Crippen molar-refractivity contribution in [2.45, 2.75) is 18.1 Å². The quantitative estimate of drug-likeness (QED) is 0.522. The number of anilines is 1. The lowest BCUT2D eigenvalue weighted by Gasteiger charge is -2.11. The first-order chi connectivity index (χ1) is 14.1. The maximum Gasteiger partial charge on any atom is 0.343 e. The summed E-state index contributed by atoms with van der Waals surface area (Å²) >= 11 is 1.19. The highest BCUT2D eigenvalue weighted by molar-refractivity contribution is 7.99. The molecule has 3 rings (SSSR count). The summed E-state index contributed by atoms with van der Waals surface area (Å²) in [5, 5.41) is 9.75. The summed E-state index contributed by atoms with van der Waals surface area (Å²) in [6, 6.07) is 15.0. The van der Waals surface area contributed by atoms with Crippen LogP contribution in [0.5, 0.6) is 11.5 Å². The Balaban J connectivity index is 1.62. The number of nitrogens with zero attached hydrogens (tertiary/aromatic N) is 2. The van der Waals surface area contributed by atoms with Crippen molar-refractivity contribution >= 4 is 23.4 Å². The van der Waals surface area contributed by atoms with Crippen LogP contribution in [0.3, 0.4) is 0 Å². The molecule has 0 spiro atoms. The molecule has 0 aliphatic heterocycles. The number of amides is 1. The number of methoxy groups -OCH3 is 2. The highest BCUT2D eigenvalue weighted by Crippen LogP contribution is 2.29. The average Bonchev–Trinajstić information content (AvgIpc) is 3.10. The van der Waals surface area contributed by atoms with Crippen molar-refractivity contribution in [3.63, 3.8) is 0 Å². The van der Waals surface area contributed by atoms with Gasteiger partial charge in [0.2, 0.25) is 5.91 Å². The molecule has 0 aliphatic rings. The van der Waals surface area contributed by atoms with Crippen LogP contribution >= 0.6 is 11.8 Å². The summed E-state index contributed by atoms with van der Waals surface area (Å²) in [6.07, 6.45) is 0.695. The van der Waals surface area contributed by atoms with Gasteiger partial charge in [-0.2, -0.15) is 0 Å². The van der Waals surface area contributed by atoms with Crippen LogP contribution in [-0.2, 0) is 17.8 Å². The third-order valence-corrected chi connectivity index (χ3v) is 5.18. The van der Waals surface area contributed by atoms with Crippen LogP contribution in [-0.4, -0.2) is 40.6 Å². The van der Waals surface area contributed by atoms with Gasteiger partial charge < -0.3 is 14.8 Å². The lowest BCUT2D eigenvalue weighted by atomic mass is 10.1. The number of aromatic amines is 1. The molecule has 9 heteroatoms. The molecule has 3 aromatic rings. The molecule has 2 N–H and O–H groups in total. The van der Waals surface area contributed by atoms with E-state index in [1.807, 2.05) is 30.3 Å². The van der Waals surface area contributed by atoms with Gasteiger partial charge in [0.05, 0.1) is 25.7 Å². The van der Waals surface area contributed by atoms with E-state index in [9.17, 15) is 9.59 Å². The Morgan fingerprint density at radius 3 is 2.69 bits per heavy atom. The lowest BCUT2D eigenvalue weighted by Crippen LogP contribution is -2.20. The average molecular weight is 414 g/mol. The molecule has 1 heterocycles. The number of rotatable bonds is 9. The number of carbonyl (C=O) groups excluding carboxylic acids is 1. The highest BCUT2D eigenvalue weighted by Gasteiger charge is 2.13. The van der Waals surface area contributed by atoms with Gasteiger partial charge in [-0.3, -0.25) is 9.36 Å². The summed E-state index contributed by atoms with van der Waals surface area (Å²) in [7, 11) is 3.08. The first-order valence-electron chi connectivity index (χ1n) is 8.94. The van der Waals surface area contributed by atoms with E-state index in [1.54, 1.807) is 25.3 Å². The van der Waals surface area contributed by atoms with Gasteiger partial charge in [0, 0.05) is 12.6 Å². The molecule has 2 aromatic carbocycles. The molecule has 0 fully saturated rings. The van der Waals surface area contributed by atoms with Crippen molar-refractivity contribution in [1.82, 2.24) is 14.8 Å². The number of aromatic nitrogens is 3. The molecule has 0 saturated heterocycles. The van der Waals surface area contributed by atoms with Gasteiger partial charge in [-0.15, -0.1) is 5.10 Å². The fourth-order valence-electron chi connectivity index (χ4n) is 2.72. The molecular weight excluding hydrogens is 392 g/mol. The Morgan fingerprint density at radius 1 is 1.17 bits per heavy atom.